The second kappa shape index (κ2) is 6.57. The first-order valence-electron chi connectivity index (χ1n) is 8.33. The van der Waals surface area contributed by atoms with Crippen molar-refractivity contribution >= 4 is 5.97 Å². The Balaban J connectivity index is 1.54. The van der Waals surface area contributed by atoms with E-state index in [2.05, 4.69) is 0 Å². The number of hydrogen-bond donors (Lipinski definition) is 1. The zero-order valence-electron chi connectivity index (χ0n) is 14.0. The van der Waals surface area contributed by atoms with E-state index in [4.69, 9.17) is 9.84 Å². The monoisotopic (exact) mass is 397 g/mol. The topological polar surface area (TPSA) is 49.8 Å². The van der Waals surface area contributed by atoms with Crippen LogP contribution < -0.4 is 4.74 Å². The van der Waals surface area contributed by atoms with Gasteiger partial charge < -0.3 is 9.84 Å². The van der Waals surface area contributed by atoms with E-state index in [1.54, 1.807) is 0 Å². The van der Waals surface area contributed by atoms with Gasteiger partial charge in [0.15, 0.2) is 11.6 Å². The molecule has 1 heterocycles. The summed E-state index contributed by atoms with van der Waals surface area (Å²) in [5.41, 5.74) is -1.39. The minimum atomic E-state index is -4.65. The van der Waals surface area contributed by atoms with Crippen molar-refractivity contribution in [2.75, 3.05) is 13.1 Å². The molecule has 0 unspecified atom stereocenters. The van der Waals surface area contributed by atoms with Gasteiger partial charge >= 0.3 is 18.2 Å². The quantitative estimate of drug-likeness (QED) is 0.613. The minimum Gasteiger partial charge on any atom is -0.487 e. The van der Waals surface area contributed by atoms with Crippen molar-refractivity contribution < 1.29 is 41.0 Å². The Hall–Kier alpha value is -1.97. The summed E-state index contributed by atoms with van der Waals surface area (Å²) < 4.78 is 83.9. The summed E-state index contributed by atoms with van der Waals surface area (Å²) in [6.07, 6.45) is -3.44. The number of ether oxygens (including phenoxy) is 1. The van der Waals surface area contributed by atoms with Crippen LogP contribution in [0.5, 0.6) is 5.75 Å². The number of rotatable bonds is 4. The van der Waals surface area contributed by atoms with Gasteiger partial charge in [0.2, 0.25) is 0 Å². The maximum atomic E-state index is 13.8. The van der Waals surface area contributed by atoms with Gasteiger partial charge in [0.1, 0.15) is 0 Å². The predicted octanol–water partition coefficient (Wildman–Crippen LogP) is 4.15. The number of likely N-dealkylation sites (tertiary alicyclic amines) is 1. The zero-order chi connectivity index (χ0) is 20.0. The van der Waals surface area contributed by atoms with E-state index in [1.807, 2.05) is 0 Å². The summed E-state index contributed by atoms with van der Waals surface area (Å²) in [5.74, 6) is -3.58. The van der Waals surface area contributed by atoms with Crippen LogP contribution in [0, 0.1) is 11.2 Å². The van der Waals surface area contributed by atoms with Gasteiger partial charge in [0.25, 0.3) is 0 Å². The number of piperidine rings is 1. The van der Waals surface area contributed by atoms with Crippen LogP contribution in [0.1, 0.15) is 31.2 Å². The fourth-order valence-corrected chi connectivity index (χ4v) is 3.75. The van der Waals surface area contributed by atoms with E-state index < -0.39 is 35.7 Å². The van der Waals surface area contributed by atoms with Crippen LogP contribution in [0.25, 0.3) is 0 Å². The molecule has 3 rings (SSSR count). The SMILES string of the molecule is O=C(O)C(F)(F)N1CCC2(CC1)CC(Oc1ccc(C(F)(F)F)cc1F)C2. The van der Waals surface area contributed by atoms with E-state index in [0.29, 0.717) is 36.6 Å². The molecule has 1 spiro atoms. The first-order valence-corrected chi connectivity index (χ1v) is 8.33. The zero-order valence-corrected chi connectivity index (χ0v) is 14.0. The number of halogens is 6. The van der Waals surface area contributed by atoms with Gasteiger partial charge in [-0.1, -0.05) is 0 Å². The predicted molar refractivity (Wildman–Crippen MR) is 80.9 cm³/mol. The van der Waals surface area contributed by atoms with Crippen molar-refractivity contribution in [1.82, 2.24) is 4.90 Å². The van der Waals surface area contributed by atoms with E-state index in [-0.39, 0.29) is 24.3 Å². The number of hydrogen-bond acceptors (Lipinski definition) is 3. The van der Waals surface area contributed by atoms with Crippen molar-refractivity contribution in [3.05, 3.63) is 29.6 Å². The maximum Gasteiger partial charge on any atom is 0.416 e. The number of aliphatic carboxylic acids is 1. The van der Waals surface area contributed by atoms with Gasteiger partial charge in [-0.25, -0.2) is 14.1 Å². The number of carboxylic acid groups (broad SMARTS) is 1. The number of carbonyl (C=O) groups is 1. The first-order chi connectivity index (χ1) is 12.4. The Bertz CT molecular complexity index is 720. The molecule has 1 aliphatic heterocycles. The van der Waals surface area contributed by atoms with Crippen molar-refractivity contribution in [3.63, 3.8) is 0 Å². The highest BCUT2D eigenvalue weighted by atomic mass is 19.4. The molecule has 27 heavy (non-hydrogen) atoms. The summed E-state index contributed by atoms with van der Waals surface area (Å²) in [5, 5.41) is 8.58. The fourth-order valence-electron chi connectivity index (χ4n) is 3.75. The van der Waals surface area contributed by atoms with E-state index in [0.717, 1.165) is 12.1 Å². The second-order valence-electron chi connectivity index (χ2n) is 7.12. The molecular weight excluding hydrogens is 380 g/mol. The largest absolute Gasteiger partial charge is 0.487 e. The lowest BCUT2D eigenvalue weighted by Gasteiger charge is -2.52. The Morgan fingerprint density at radius 1 is 1.15 bits per heavy atom. The van der Waals surface area contributed by atoms with Crippen LogP contribution in [0.15, 0.2) is 18.2 Å². The molecule has 1 saturated carbocycles. The van der Waals surface area contributed by atoms with Crippen LogP contribution in [0.3, 0.4) is 0 Å². The lowest BCUT2D eigenvalue weighted by atomic mass is 9.61. The average molecular weight is 397 g/mol. The Kier molecular flexibility index (Phi) is 4.82. The van der Waals surface area contributed by atoms with Gasteiger partial charge in [0.05, 0.1) is 11.7 Å². The van der Waals surface area contributed by atoms with Crippen molar-refractivity contribution in [2.24, 2.45) is 5.41 Å². The summed E-state index contributed by atoms with van der Waals surface area (Å²) in [6, 6.07) is -1.88. The third kappa shape index (κ3) is 3.85. The van der Waals surface area contributed by atoms with Gasteiger partial charge in [-0.3, -0.25) is 0 Å². The fraction of sp³-hybridized carbons (Fsp3) is 0.588. The molecule has 1 N–H and O–H groups in total. The lowest BCUT2D eigenvalue weighted by Crippen LogP contribution is -2.56. The number of carboxylic acids is 1. The molecular formula is C17H17F6NO3. The third-order valence-corrected chi connectivity index (χ3v) is 5.35. The molecule has 1 saturated heterocycles. The first kappa shape index (κ1) is 19.8. The second-order valence-corrected chi connectivity index (χ2v) is 7.12. The van der Waals surface area contributed by atoms with E-state index in [9.17, 15) is 31.1 Å². The molecule has 1 aromatic rings. The summed E-state index contributed by atoms with van der Waals surface area (Å²) in [6.45, 7) is -0.165. The van der Waals surface area contributed by atoms with E-state index in [1.165, 1.54) is 0 Å². The van der Waals surface area contributed by atoms with Gasteiger partial charge in [-0.15, -0.1) is 0 Å². The van der Waals surface area contributed by atoms with Crippen LogP contribution in [-0.2, 0) is 11.0 Å². The molecule has 1 aliphatic carbocycles. The molecule has 0 atom stereocenters. The summed E-state index contributed by atoms with van der Waals surface area (Å²) in [7, 11) is 0. The molecule has 1 aromatic carbocycles. The number of benzene rings is 1. The molecule has 4 nitrogen and oxygen atoms in total. The minimum absolute atomic E-state index is 0.0827. The molecule has 2 aliphatic rings. The van der Waals surface area contributed by atoms with Crippen molar-refractivity contribution in [1.29, 1.82) is 0 Å². The Morgan fingerprint density at radius 2 is 1.74 bits per heavy atom. The molecule has 0 amide bonds. The average Bonchev–Trinajstić information content (AvgIpc) is 2.54. The van der Waals surface area contributed by atoms with E-state index >= 15 is 0 Å². The Morgan fingerprint density at radius 3 is 2.22 bits per heavy atom. The normalized spacial score (nSPS) is 21.1. The van der Waals surface area contributed by atoms with Gasteiger partial charge in [-0.05, 0) is 49.3 Å². The Labute approximate surface area is 150 Å². The number of nitrogens with zero attached hydrogens (tertiary/aromatic N) is 1. The third-order valence-electron chi connectivity index (χ3n) is 5.35. The van der Waals surface area contributed by atoms with Crippen LogP contribution >= 0.6 is 0 Å². The lowest BCUT2D eigenvalue weighted by molar-refractivity contribution is -0.207. The van der Waals surface area contributed by atoms with Crippen molar-refractivity contribution in [3.8, 4) is 5.75 Å². The van der Waals surface area contributed by atoms with Crippen molar-refractivity contribution in [2.45, 2.75) is 44.0 Å². The van der Waals surface area contributed by atoms with Crippen LogP contribution in [-0.4, -0.2) is 41.2 Å². The summed E-state index contributed by atoms with van der Waals surface area (Å²) in [4.78, 5) is 11.2. The highest BCUT2D eigenvalue weighted by Crippen LogP contribution is 2.51. The maximum absolute atomic E-state index is 13.8. The highest BCUT2D eigenvalue weighted by molar-refractivity contribution is 5.74. The molecule has 2 fully saturated rings. The van der Waals surface area contributed by atoms with Crippen LogP contribution in [0.4, 0.5) is 26.3 Å². The molecule has 0 bridgehead atoms. The smallest absolute Gasteiger partial charge is 0.416 e. The highest BCUT2D eigenvalue weighted by Gasteiger charge is 2.53. The molecule has 0 aromatic heterocycles. The summed E-state index contributed by atoms with van der Waals surface area (Å²) >= 11 is 0. The number of alkyl halides is 5. The van der Waals surface area contributed by atoms with Gasteiger partial charge in [0, 0.05) is 13.1 Å². The van der Waals surface area contributed by atoms with Crippen LogP contribution in [0.2, 0.25) is 0 Å². The molecule has 150 valence electrons. The standard InChI is InChI=1S/C17H17F6NO3/c18-12-7-10(16(19,20)21)1-2-13(12)27-11-8-15(9-11)3-5-24(6-4-15)17(22,23)14(25)26/h1-2,7,11H,3-6,8-9H2,(H,25,26). The molecule has 0 radical (unpaired) electrons. The van der Waals surface area contributed by atoms with Gasteiger partial charge in [-0.2, -0.15) is 22.0 Å². The molecule has 10 heteroatoms.